The van der Waals surface area contributed by atoms with Gasteiger partial charge in [-0.15, -0.1) is 0 Å². The first kappa shape index (κ1) is 18.3. The number of ether oxygens (including phenoxy) is 1. The second-order valence-electron chi connectivity index (χ2n) is 5.47. The molecule has 1 aromatic rings. The van der Waals surface area contributed by atoms with Gasteiger partial charge < -0.3 is 15.2 Å². The number of aliphatic hydroxyl groups excluding tert-OH is 1. The highest BCUT2D eigenvalue weighted by Crippen LogP contribution is 2.23. The maximum atomic E-state index is 9.93. The molecule has 3 nitrogen and oxygen atoms in total. The largest absolute Gasteiger partial charge is 0.489 e. The molecule has 21 heavy (non-hydrogen) atoms. The van der Waals surface area contributed by atoms with Crippen molar-refractivity contribution in [1.82, 2.24) is 5.32 Å². The standard InChI is InChI=1S/C17H28ClNO2/c1-3-5-8-14(4-2)11-19-12-15(20)13-21-17-10-7-6-9-16(17)18/h6-7,9-10,14-15,19-20H,3-5,8,11-13H2,1-2H3. The van der Waals surface area contributed by atoms with E-state index in [4.69, 9.17) is 16.3 Å². The van der Waals surface area contributed by atoms with Crippen LogP contribution in [0.4, 0.5) is 0 Å². The molecule has 1 rings (SSSR count). The number of nitrogens with one attached hydrogen (secondary N) is 1. The number of hydrogen-bond acceptors (Lipinski definition) is 3. The zero-order valence-corrected chi connectivity index (χ0v) is 13.9. The normalized spacial score (nSPS) is 13.9. The monoisotopic (exact) mass is 313 g/mol. The van der Waals surface area contributed by atoms with Crippen LogP contribution in [0, 0.1) is 5.92 Å². The molecule has 1 aromatic carbocycles. The number of hydrogen-bond donors (Lipinski definition) is 2. The van der Waals surface area contributed by atoms with E-state index in [9.17, 15) is 5.11 Å². The predicted octanol–water partition coefficient (Wildman–Crippen LogP) is 3.89. The van der Waals surface area contributed by atoms with Crippen LogP contribution in [0.15, 0.2) is 24.3 Å². The summed E-state index contributed by atoms with van der Waals surface area (Å²) in [7, 11) is 0. The van der Waals surface area contributed by atoms with Gasteiger partial charge in [0.15, 0.2) is 0 Å². The van der Waals surface area contributed by atoms with E-state index in [1.54, 1.807) is 12.1 Å². The highest BCUT2D eigenvalue weighted by molar-refractivity contribution is 6.32. The molecule has 0 bridgehead atoms. The Hall–Kier alpha value is -0.770. The van der Waals surface area contributed by atoms with Gasteiger partial charge in [-0.25, -0.2) is 0 Å². The second-order valence-corrected chi connectivity index (χ2v) is 5.88. The van der Waals surface area contributed by atoms with E-state index in [-0.39, 0.29) is 6.61 Å². The van der Waals surface area contributed by atoms with Crippen molar-refractivity contribution >= 4 is 11.6 Å². The molecule has 0 saturated heterocycles. The third kappa shape index (κ3) is 7.70. The molecule has 2 atom stereocenters. The molecule has 0 aliphatic carbocycles. The highest BCUT2D eigenvalue weighted by atomic mass is 35.5. The lowest BCUT2D eigenvalue weighted by atomic mass is 9.99. The molecule has 0 heterocycles. The lowest BCUT2D eigenvalue weighted by Crippen LogP contribution is -2.34. The fourth-order valence-electron chi connectivity index (χ4n) is 2.20. The molecule has 2 N–H and O–H groups in total. The minimum Gasteiger partial charge on any atom is -0.489 e. The second kappa shape index (κ2) is 10.9. The van der Waals surface area contributed by atoms with E-state index in [2.05, 4.69) is 19.2 Å². The third-order valence-electron chi connectivity index (χ3n) is 3.62. The van der Waals surface area contributed by atoms with Crippen molar-refractivity contribution in [2.24, 2.45) is 5.92 Å². The van der Waals surface area contributed by atoms with Crippen molar-refractivity contribution in [3.05, 3.63) is 29.3 Å². The first-order chi connectivity index (χ1) is 10.2. The maximum absolute atomic E-state index is 9.93. The first-order valence-electron chi connectivity index (χ1n) is 7.93. The van der Waals surface area contributed by atoms with Gasteiger partial charge in [-0.05, 0) is 31.0 Å². The van der Waals surface area contributed by atoms with E-state index in [1.807, 2.05) is 12.1 Å². The molecule has 0 amide bonds. The summed E-state index contributed by atoms with van der Waals surface area (Å²) in [4.78, 5) is 0. The number of unbranched alkanes of at least 4 members (excludes halogenated alkanes) is 1. The SMILES string of the molecule is CCCCC(CC)CNCC(O)COc1ccccc1Cl. The Bertz CT molecular complexity index is 387. The van der Waals surface area contributed by atoms with Crippen molar-refractivity contribution in [3.63, 3.8) is 0 Å². The number of para-hydroxylation sites is 1. The van der Waals surface area contributed by atoms with Gasteiger partial charge in [-0.3, -0.25) is 0 Å². The van der Waals surface area contributed by atoms with Crippen LogP contribution >= 0.6 is 11.6 Å². The van der Waals surface area contributed by atoms with Crippen LogP contribution in [0.1, 0.15) is 39.5 Å². The van der Waals surface area contributed by atoms with Crippen molar-refractivity contribution in [2.75, 3.05) is 19.7 Å². The zero-order valence-electron chi connectivity index (χ0n) is 13.1. The number of halogens is 1. The summed E-state index contributed by atoms with van der Waals surface area (Å²) >= 11 is 6.00. The van der Waals surface area contributed by atoms with Gasteiger partial charge in [-0.1, -0.05) is 56.8 Å². The summed E-state index contributed by atoms with van der Waals surface area (Å²) < 4.78 is 5.53. The molecule has 2 unspecified atom stereocenters. The quantitative estimate of drug-likeness (QED) is 0.651. The Morgan fingerprint density at radius 3 is 2.67 bits per heavy atom. The summed E-state index contributed by atoms with van der Waals surface area (Å²) in [6, 6.07) is 7.31. The molecular formula is C17H28ClNO2. The van der Waals surface area contributed by atoms with Crippen LogP contribution in [-0.4, -0.2) is 30.9 Å². The number of rotatable bonds is 11. The molecule has 0 fully saturated rings. The molecule has 0 aromatic heterocycles. The molecule has 0 spiro atoms. The van der Waals surface area contributed by atoms with Crippen LogP contribution in [0.2, 0.25) is 5.02 Å². The minimum atomic E-state index is -0.523. The minimum absolute atomic E-state index is 0.252. The fourth-order valence-corrected chi connectivity index (χ4v) is 2.39. The summed E-state index contributed by atoms with van der Waals surface area (Å²) in [5.74, 6) is 1.31. The molecule has 0 radical (unpaired) electrons. The summed E-state index contributed by atoms with van der Waals surface area (Å²) in [5, 5.41) is 13.8. The van der Waals surface area contributed by atoms with Crippen LogP contribution in [0.5, 0.6) is 5.75 Å². The Labute approximate surface area is 133 Å². The Morgan fingerprint density at radius 1 is 1.24 bits per heavy atom. The average Bonchev–Trinajstić information content (AvgIpc) is 2.50. The smallest absolute Gasteiger partial charge is 0.138 e. The van der Waals surface area contributed by atoms with Gasteiger partial charge in [0.25, 0.3) is 0 Å². The zero-order chi connectivity index (χ0) is 15.5. The van der Waals surface area contributed by atoms with Crippen LogP contribution in [0.3, 0.4) is 0 Å². The topological polar surface area (TPSA) is 41.5 Å². The van der Waals surface area contributed by atoms with Crippen molar-refractivity contribution < 1.29 is 9.84 Å². The Kier molecular flexibility index (Phi) is 9.48. The van der Waals surface area contributed by atoms with Crippen molar-refractivity contribution in [1.29, 1.82) is 0 Å². The molecule has 0 aliphatic heterocycles. The third-order valence-corrected chi connectivity index (χ3v) is 3.94. The van der Waals surface area contributed by atoms with Crippen LogP contribution in [-0.2, 0) is 0 Å². The van der Waals surface area contributed by atoms with E-state index in [0.29, 0.717) is 23.2 Å². The molecule has 0 saturated carbocycles. The van der Waals surface area contributed by atoms with E-state index in [1.165, 1.54) is 25.7 Å². The lowest BCUT2D eigenvalue weighted by Gasteiger charge is -2.18. The van der Waals surface area contributed by atoms with Gasteiger partial charge in [0, 0.05) is 6.54 Å². The Morgan fingerprint density at radius 2 is 2.00 bits per heavy atom. The maximum Gasteiger partial charge on any atom is 0.138 e. The van der Waals surface area contributed by atoms with Gasteiger partial charge in [0.1, 0.15) is 18.5 Å². The van der Waals surface area contributed by atoms with E-state index < -0.39 is 6.10 Å². The van der Waals surface area contributed by atoms with Gasteiger partial charge in [0.05, 0.1) is 5.02 Å². The molecule has 120 valence electrons. The first-order valence-corrected chi connectivity index (χ1v) is 8.31. The van der Waals surface area contributed by atoms with Crippen molar-refractivity contribution in [3.8, 4) is 5.75 Å². The summed E-state index contributed by atoms with van der Waals surface area (Å²) in [6.45, 7) is 6.20. The summed E-state index contributed by atoms with van der Waals surface area (Å²) in [5.41, 5.74) is 0. The predicted molar refractivity (Wildman–Crippen MR) is 89.1 cm³/mol. The number of benzene rings is 1. The van der Waals surface area contributed by atoms with Gasteiger partial charge >= 0.3 is 0 Å². The Balaban J connectivity index is 2.19. The average molecular weight is 314 g/mol. The fraction of sp³-hybridized carbons (Fsp3) is 0.647. The van der Waals surface area contributed by atoms with Crippen LogP contribution < -0.4 is 10.1 Å². The lowest BCUT2D eigenvalue weighted by molar-refractivity contribution is 0.105. The molecule has 0 aliphatic rings. The van der Waals surface area contributed by atoms with Gasteiger partial charge in [-0.2, -0.15) is 0 Å². The molecular weight excluding hydrogens is 286 g/mol. The van der Waals surface area contributed by atoms with Gasteiger partial charge in [0.2, 0.25) is 0 Å². The molecule has 4 heteroatoms. The summed E-state index contributed by atoms with van der Waals surface area (Å²) in [6.07, 6.45) is 4.43. The number of aliphatic hydroxyl groups is 1. The highest BCUT2D eigenvalue weighted by Gasteiger charge is 2.09. The van der Waals surface area contributed by atoms with Crippen molar-refractivity contribution in [2.45, 2.75) is 45.6 Å². The van der Waals surface area contributed by atoms with E-state index in [0.717, 1.165) is 6.54 Å². The van der Waals surface area contributed by atoms with E-state index >= 15 is 0 Å². The van der Waals surface area contributed by atoms with Crippen LogP contribution in [0.25, 0.3) is 0 Å².